The van der Waals surface area contributed by atoms with Gasteiger partial charge in [-0.25, -0.2) is 0 Å². The standard InChI is InChI=1S/C23H28ClN3O5/c1-4-16-6-8-19(31-3)21(27-16)14(2)26-18-7-5-15(9-17(18)24)22(30)25-11-23(10-20(28)29)12-32-13-23/h5-9,14,26H,4,10-13H2,1-3H3,(H,25,30)(H,28,29). The second-order valence-electron chi connectivity index (χ2n) is 8.05. The molecule has 1 amide bonds. The average molecular weight is 462 g/mol. The number of carbonyl (C=O) groups excluding carboxylic acids is 1. The van der Waals surface area contributed by atoms with Gasteiger partial charge in [0.05, 0.1) is 43.5 Å². The summed E-state index contributed by atoms with van der Waals surface area (Å²) in [5.74, 6) is -0.544. The highest BCUT2D eigenvalue weighted by molar-refractivity contribution is 6.33. The van der Waals surface area contributed by atoms with Crippen LogP contribution in [0.4, 0.5) is 5.69 Å². The molecule has 1 aliphatic rings. The molecule has 1 aromatic carbocycles. The first kappa shape index (κ1) is 23.8. The molecule has 1 aliphatic heterocycles. The van der Waals surface area contributed by atoms with Gasteiger partial charge in [0.25, 0.3) is 5.91 Å². The Morgan fingerprint density at radius 2 is 2.06 bits per heavy atom. The van der Waals surface area contributed by atoms with Crippen LogP contribution in [-0.4, -0.2) is 48.8 Å². The Kier molecular flexibility index (Phi) is 7.58. The summed E-state index contributed by atoms with van der Waals surface area (Å²) in [5.41, 5.74) is 2.24. The normalized spacial score (nSPS) is 15.4. The molecule has 2 aromatic rings. The number of hydrogen-bond donors (Lipinski definition) is 3. The molecule has 8 nitrogen and oxygen atoms in total. The fourth-order valence-corrected chi connectivity index (χ4v) is 3.84. The summed E-state index contributed by atoms with van der Waals surface area (Å²) in [6.07, 6.45) is 0.764. The first-order valence-electron chi connectivity index (χ1n) is 10.4. The van der Waals surface area contributed by atoms with Gasteiger partial charge >= 0.3 is 5.97 Å². The highest BCUT2D eigenvalue weighted by Gasteiger charge is 2.41. The van der Waals surface area contributed by atoms with Gasteiger partial charge in [-0.2, -0.15) is 0 Å². The number of carboxylic acids is 1. The number of hydrogen-bond acceptors (Lipinski definition) is 6. The summed E-state index contributed by atoms with van der Waals surface area (Å²) in [6.45, 7) is 4.87. The van der Waals surface area contributed by atoms with Crippen LogP contribution >= 0.6 is 11.6 Å². The Hall–Kier alpha value is -2.84. The fraction of sp³-hybridized carbons (Fsp3) is 0.435. The number of nitrogens with zero attached hydrogens (tertiary/aromatic N) is 1. The van der Waals surface area contributed by atoms with E-state index in [2.05, 4.69) is 15.6 Å². The Morgan fingerprint density at radius 1 is 1.31 bits per heavy atom. The monoisotopic (exact) mass is 461 g/mol. The van der Waals surface area contributed by atoms with Crippen LogP contribution in [0.15, 0.2) is 30.3 Å². The van der Waals surface area contributed by atoms with Gasteiger partial charge in [-0.3, -0.25) is 14.6 Å². The van der Waals surface area contributed by atoms with Crippen LogP contribution in [0.5, 0.6) is 5.75 Å². The fourth-order valence-electron chi connectivity index (χ4n) is 3.61. The van der Waals surface area contributed by atoms with Crippen LogP contribution < -0.4 is 15.4 Å². The maximum atomic E-state index is 12.6. The van der Waals surface area contributed by atoms with Crippen LogP contribution in [0.25, 0.3) is 0 Å². The number of halogens is 1. The molecule has 3 rings (SSSR count). The molecule has 2 heterocycles. The molecular weight excluding hydrogens is 434 g/mol. The van der Waals surface area contributed by atoms with Gasteiger partial charge in [0.1, 0.15) is 11.4 Å². The molecule has 0 spiro atoms. The summed E-state index contributed by atoms with van der Waals surface area (Å²) < 4.78 is 10.6. The number of aromatic nitrogens is 1. The summed E-state index contributed by atoms with van der Waals surface area (Å²) in [5, 5.41) is 15.6. The van der Waals surface area contributed by atoms with E-state index in [1.807, 2.05) is 26.0 Å². The predicted molar refractivity (Wildman–Crippen MR) is 121 cm³/mol. The lowest BCUT2D eigenvalue weighted by atomic mass is 9.82. The summed E-state index contributed by atoms with van der Waals surface area (Å²) in [6, 6.07) is 8.65. The molecule has 1 atom stereocenters. The molecule has 0 saturated carbocycles. The van der Waals surface area contributed by atoms with E-state index in [0.29, 0.717) is 35.2 Å². The molecular formula is C23H28ClN3O5. The van der Waals surface area contributed by atoms with Crippen LogP contribution in [0.2, 0.25) is 5.02 Å². The number of methoxy groups -OCH3 is 1. The van der Waals surface area contributed by atoms with Crippen LogP contribution in [0.3, 0.4) is 0 Å². The highest BCUT2D eigenvalue weighted by atomic mass is 35.5. The Labute approximate surface area is 192 Å². The number of nitrogens with one attached hydrogen (secondary N) is 2. The van der Waals surface area contributed by atoms with Gasteiger partial charge < -0.3 is 25.2 Å². The van der Waals surface area contributed by atoms with Crippen molar-refractivity contribution in [3.05, 3.63) is 52.3 Å². The van der Waals surface area contributed by atoms with Crippen molar-refractivity contribution < 1.29 is 24.2 Å². The van der Waals surface area contributed by atoms with Crippen molar-refractivity contribution in [2.45, 2.75) is 32.7 Å². The molecule has 0 radical (unpaired) electrons. The van der Waals surface area contributed by atoms with Crippen LogP contribution in [0.1, 0.15) is 48.1 Å². The number of aliphatic carboxylic acids is 1. The molecule has 32 heavy (non-hydrogen) atoms. The Morgan fingerprint density at radius 3 is 2.62 bits per heavy atom. The second kappa shape index (κ2) is 10.2. The minimum Gasteiger partial charge on any atom is -0.495 e. The minimum atomic E-state index is -0.911. The molecule has 0 bridgehead atoms. The highest BCUT2D eigenvalue weighted by Crippen LogP contribution is 2.32. The summed E-state index contributed by atoms with van der Waals surface area (Å²) >= 11 is 6.44. The quantitative estimate of drug-likeness (QED) is 0.494. The zero-order valence-electron chi connectivity index (χ0n) is 18.4. The minimum absolute atomic E-state index is 0.0501. The van der Waals surface area contributed by atoms with Crippen molar-refractivity contribution in [2.75, 3.05) is 32.2 Å². The summed E-state index contributed by atoms with van der Waals surface area (Å²) in [4.78, 5) is 28.3. The van der Waals surface area contributed by atoms with Crippen molar-refractivity contribution >= 4 is 29.2 Å². The van der Waals surface area contributed by atoms with Gasteiger partial charge in [-0.15, -0.1) is 0 Å². The van der Waals surface area contributed by atoms with E-state index >= 15 is 0 Å². The topological polar surface area (TPSA) is 110 Å². The zero-order chi connectivity index (χ0) is 23.3. The molecule has 3 N–H and O–H groups in total. The molecule has 0 aliphatic carbocycles. The Balaban J connectivity index is 1.67. The van der Waals surface area contributed by atoms with E-state index in [1.165, 1.54) is 0 Å². The number of carboxylic acid groups (broad SMARTS) is 1. The molecule has 1 unspecified atom stereocenters. The van der Waals surface area contributed by atoms with E-state index in [-0.39, 0.29) is 24.9 Å². The van der Waals surface area contributed by atoms with Crippen molar-refractivity contribution in [1.82, 2.24) is 10.3 Å². The maximum Gasteiger partial charge on any atom is 0.304 e. The first-order chi connectivity index (χ1) is 15.3. The van der Waals surface area contributed by atoms with E-state index in [1.54, 1.807) is 25.3 Å². The van der Waals surface area contributed by atoms with E-state index in [4.69, 9.17) is 26.2 Å². The molecule has 1 aromatic heterocycles. The smallest absolute Gasteiger partial charge is 0.304 e. The van der Waals surface area contributed by atoms with Gasteiger partial charge in [0.15, 0.2) is 0 Å². The van der Waals surface area contributed by atoms with Crippen LogP contribution in [-0.2, 0) is 16.0 Å². The molecule has 9 heteroatoms. The Bertz CT molecular complexity index is 994. The van der Waals surface area contributed by atoms with Crippen LogP contribution in [0, 0.1) is 5.41 Å². The van der Waals surface area contributed by atoms with Crippen molar-refractivity contribution in [2.24, 2.45) is 5.41 Å². The largest absolute Gasteiger partial charge is 0.495 e. The first-order valence-corrected chi connectivity index (χ1v) is 10.8. The third kappa shape index (κ3) is 5.49. The summed E-state index contributed by atoms with van der Waals surface area (Å²) in [7, 11) is 1.61. The zero-order valence-corrected chi connectivity index (χ0v) is 19.2. The van der Waals surface area contributed by atoms with Gasteiger partial charge in [0, 0.05) is 23.2 Å². The molecule has 1 saturated heterocycles. The number of benzene rings is 1. The molecule has 172 valence electrons. The number of aryl methyl sites for hydroxylation is 1. The number of anilines is 1. The average Bonchev–Trinajstić information content (AvgIpc) is 2.75. The van der Waals surface area contributed by atoms with Gasteiger partial charge in [-0.05, 0) is 43.7 Å². The SMILES string of the molecule is CCc1ccc(OC)c(C(C)Nc2ccc(C(=O)NCC3(CC(=O)O)COC3)cc2Cl)n1. The maximum absolute atomic E-state index is 12.6. The van der Waals surface area contributed by atoms with E-state index in [9.17, 15) is 9.59 Å². The third-order valence-electron chi connectivity index (χ3n) is 5.51. The number of carbonyl (C=O) groups is 2. The van der Waals surface area contributed by atoms with Crippen molar-refractivity contribution in [1.29, 1.82) is 0 Å². The third-order valence-corrected chi connectivity index (χ3v) is 5.82. The van der Waals surface area contributed by atoms with Crippen molar-refractivity contribution in [3.8, 4) is 5.75 Å². The number of amides is 1. The number of rotatable bonds is 10. The second-order valence-corrected chi connectivity index (χ2v) is 8.46. The lowest BCUT2D eigenvalue weighted by Gasteiger charge is -2.40. The predicted octanol–water partition coefficient (Wildman–Crippen LogP) is 3.70. The van der Waals surface area contributed by atoms with Gasteiger partial charge in [-0.1, -0.05) is 18.5 Å². The van der Waals surface area contributed by atoms with E-state index in [0.717, 1.165) is 17.8 Å². The number of ether oxygens (including phenoxy) is 2. The van der Waals surface area contributed by atoms with E-state index < -0.39 is 11.4 Å². The van der Waals surface area contributed by atoms with Gasteiger partial charge in [0.2, 0.25) is 0 Å². The molecule has 1 fully saturated rings. The van der Waals surface area contributed by atoms with Crippen molar-refractivity contribution in [3.63, 3.8) is 0 Å². The number of pyridine rings is 1. The lowest BCUT2D eigenvalue weighted by molar-refractivity contribution is -0.155. The lowest BCUT2D eigenvalue weighted by Crippen LogP contribution is -2.52.